The number of benzene rings is 2. The predicted octanol–water partition coefficient (Wildman–Crippen LogP) is 1.71. The van der Waals surface area contributed by atoms with Crippen molar-refractivity contribution in [1.82, 2.24) is 16.0 Å². The minimum Gasteiger partial charge on any atom is -0.497 e. The Balaban J connectivity index is 0.00000616. The van der Waals surface area contributed by atoms with E-state index in [1.807, 2.05) is 30.3 Å². The Bertz CT molecular complexity index is 1180. The number of carbonyl (C=O) groups excluding carboxylic acids is 4. The van der Waals surface area contributed by atoms with Gasteiger partial charge in [-0.05, 0) is 43.5 Å². The van der Waals surface area contributed by atoms with Gasteiger partial charge in [0.15, 0.2) is 5.78 Å². The van der Waals surface area contributed by atoms with Gasteiger partial charge in [0.05, 0.1) is 33.0 Å². The van der Waals surface area contributed by atoms with Crippen LogP contribution in [0, 0.1) is 0 Å². The summed E-state index contributed by atoms with van der Waals surface area (Å²) < 4.78 is 20.7. The van der Waals surface area contributed by atoms with Crippen molar-refractivity contribution >= 4 is 23.5 Å². The van der Waals surface area contributed by atoms with Crippen LogP contribution in [0.3, 0.4) is 0 Å². The molecule has 0 aliphatic carbocycles. The highest BCUT2D eigenvalue weighted by Gasteiger charge is 2.50. The molecule has 3 amide bonds. The molecule has 1 aliphatic heterocycles. The lowest BCUT2D eigenvalue weighted by Gasteiger charge is -2.25. The van der Waals surface area contributed by atoms with Crippen molar-refractivity contribution in [3.63, 3.8) is 0 Å². The minimum absolute atomic E-state index is 0. The first kappa shape index (κ1) is 31.7. The van der Waals surface area contributed by atoms with Gasteiger partial charge in [-0.2, -0.15) is 0 Å². The van der Waals surface area contributed by atoms with Crippen molar-refractivity contribution in [1.29, 1.82) is 0 Å². The normalized spacial score (nSPS) is 18.0. The molecule has 1 saturated heterocycles. The highest BCUT2D eigenvalue weighted by Crippen LogP contribution is 2.29. The summed E-state index contributed by atoms with van der Waals surface area (Å²) in [6.07, 6.45) is 0.408. The Morgan fingerprint density at radius 3 is 2.10 bits per heavy atom. The fourth-order valence-corrected chi connectivity index (χ4v) is 4.11. The van der Waals surface area contributed by atoms with Crippen LogP contribution in [0.2, 0.25) is 0 Å². The topological polar surface area (TPSA) is 145 Å². The van der Waals surface area contributed by atoms with Crippen LogP contribution in [0.4, 0.5) is 0 Å². The molecule has 2 aromatic rings. The van der Waals surface area contributed by atoms with Crippen molar-refractivity contribution in [2.45, 2.75) is 50.4 Å². The van der Waals surface area contributed by atoms with Crippen LogP contribution in [-0.4, -0.2) is 87.9 Å². The Morgan fingerprint density at radius 2 is 1.49 bits per heavy atom. The fourth-order valence-electron chi connectivity index (χ4n) is 4.11. The van der Waals surface area contributed by atoms with E-state index in [2.05, 4.69) is 16.0 Å². The molecule has 1 aliphatic rings. The van der Waals surface area contributed by atoms with Crippen LogP contribution in [0.25, 0.3) is 0 Å². The van der Waals surface area contributed by atoms with E-state index in [9.17, 15) is 19.2 Å². The lowest BCUT2D eigenvalue weighted by Crippen LogP contribution is -2.57. The van der Waals surface area contributed by atoms with E-state index >= 15 is 0 Å². The van der Waals surface area contributed by atoms with Gasteiger partial charge in [0.25, 0.3) is 0 Å². The average molecular weight is 576 g/mol. The highest BCUT2D eigenvalue weighted by atomic mass is 16.6. The van der Waals surface area contributed by atoms with Gasteiger partial charge >= 0.3 is 0 Å². The van der Waals surface area contributed by atoms with Gasteiger partial charge in [-0.25, -0.2) is 0 Å². The lowest BCUT2D eigenvalue weighted by atomic mass is 9.94. The molecule has 2 aromatic carbocycles. The second-order valence-electron chi connectivity index (χ2n) is 10.1. The smallest absolute Gasteiger partial charge is 0.246 e. The van der Waals surface area contributed by atoms with Crippen LogP contribution in [0.1, 0.15) is 29.3 Å². The second-order valence-corrected chi connectivity index (χ2v) is 10.1. The maximum atomic E-state index is 13.6. The molecule has 4 atom stereocenters. The van der Waals surface area contributed by atoms with Gasteiger partial charge in [-0.1, -0.05) is 42.5 Å². The van der Waals surface area contributed by atoms with Crippen molar-refractivity contribution in [2.24, 2.45) is 0 Å². The van der Waals surface area contributed by atoms with E-state index in [-0.39, 0.29) is 42.7 Å². The number of rotatable bonds is 17. The Labute approximate surface area is 244 Å². The zero-order chi connectivity index (χ0) is 29.8. The van der Waals surface area contributed by atoms with E-state index in [4.69, 9.17) is 18.9 Å². The van der Waals surface area contributed by atoms with Crippen LogP contribution < -0.4 is 20.7 Å². The van der Waals surface area contributed by atoms with Gasteiger partial charge in [-0.3, -0.25) is 19.2 Å². The number of ether oxygens (including phenoxy) is 4. The SMILES string of the molecule is COCCOCC(=O)N[C@@H](C)C(=O)N[C@@H](Cc1ccc(OC)cc1)C(=O)N[C@@H](Cc1ccccc1)C(=O)[C@@]1(C)CO1.[HH].[HH].[HH]. The highest BCUT2D eigenvalue weighted by molar-refractivity contribution is 5.98. The molecule has 0 bridgehead atoms. The first-order valence-electron chi connectivity index (χ1n) is 13.5. The Morgan fingerprint density at radius 1 is 0.878 bits per heavy atom. The molecular weight excluding hydrogens is 530 g/mol. The van der Waals surface area contributed by atoms with Gasteiger partial charge in [0.2, 0.25) is 17.7 Å². The molecule has 228 valence electrons. The molecule has 11 heteroatoms. The number of Topliss-reactive ketones (excluding diaryl/α,β-unsaturated/α-hetero) is 1. The summed E-state index contributed by atoms with van der Waals surface area (Å²) in [5.74, 6) is -1.17. The number of methoxy groups -OCH3 is 2. The summed E-state index contributed by atoms with van der Waals surface area (Å²) in [5, 5.41) is 8.15. The summed E-state index contributed by atoms with van der Waals surface area (Å²) in [6, 6.07) is 13.6. The molecule has 0 saturated carbocycles. The number of amides is 3. The zero-order valence-corrected chi connectivity index (χ0v) is 23.9. The Hall–Kier alpha value is -3.80. The molecule has 0 aromatic heterocycles. The third kappa shape index (κ3) is 9.96. The van der Waals surface area contributed by atoms with E-state index in [0.29, 0.717) is 12.4 Å². The second kappa shape index (κ2) is 15.3. The number of ketones is 1. The van der Waals surface area contributed by atoms with Gasteiger partial charge in [-0.15, -0.1) is 0 Å². The summed E-state index contributed by atoms with van der Waals surface area (Å²) in [5.41, 5.74) is 0.680. The van der Waals surface area contributed by atoms with Crippen LogP contribution in [0.5, 0.6) is 5.75 Å². The Kier molecular flexibility index (Phi) is 11.8. The molecule has 0 radical (unpaired) electrons. The third-order valence-corrected chi connectivity index (χ3v) is 6.68. The molecule has 3 N–H and O–H groups in total. The number of hydrogen-bond acceptors (Lipinski definition) is 8. The fraction of sp³-hybridized carbons (Fsp3) is 0.467. The lowest BCUT2D eigenvalue weighted by molar-refractivity contribution is -0.134. The van der Waals surface area contributed by atoms with Crippen LogP contribution in [0.15, 0.2) is 54.6 Å². The largest absolute Gasteiger partial charge is 0.497 e. The molecule has 1 fully saturated rings. The van der Waals surface area contributed by atoms with Crippen molar-refractivity contribution < 1.29 is 42.4 Å². The summed E-state index contributed by atoms with van der Waals surface area (Å²) in [7, 11) is 3.08. The zero-order valence-electron chi connectivity index (χ0n) is 23.9. The van der Waals surface area contributed by atoms with E-state index < -0.39 is 41.4 Å². The molecule has 0 spiro atoms. The average Bonchev–Trinajstić information content (AvgIpc) is 3.73. The molecule has 3 rings (SSSR count). The van der Waals surface area contributed by atoms with E-state index in [1.54, 1.807) is 38.3 Å². The first-order chi connectivity index (χ1) is 19.6. The quantitative estimate of drug-likeness (QED) is 0.191. The number of hydrogen-bond donors (Lipinski definition) is 3. The maximum absolute atomic E-state index is 13.6. The monoisotopic (exact) mass is 575 g/mol. The molecule has 0 unspecified atom stereocenters. The number of nitrogens with one attached hydrogen (secondary N) is 3. The van der Waals surface area contributed by atoms with Gasteiger partial charge in [0, 0.05) is 17.8 Å². The summed E-state index contributed by atoms with van der Waals surface area (Å²) in [6.45, 7) is 3.83. The third-order valence-electron chi connectivity index (χ3n) is 6.68. The van der Waals surface area contributed by atoms with Gasteiger partial charge in [0.1, 0.15) is 30.0 Å². The molecular formula is C30H45N3O8. The van der Waals surface area contributed by atoms with Crippen molar-refractivity contribution in [2.75, 3.05) is 40.6 Å². The summed E-state index contributed by atoms with van der Waals surface area (Å²) in [4.78, 5) is 52.2. The standard InChI is InChI=1S/C30H39N3O8.3H2/c1-20(31-26(34)18-40-15-14-38-3)28(36)33-25(17-22-10-12-23(39-4)13-11-22)29(37)32-24(27(35)30(2)19-41-30)16-21-8-6-5-7-9-21;;;/h5-13,20,24-25H,14-19H2,1-4H3,(H,31,34)(H,32,37)(H,33,36);3*1H/t20-,24-,25-,30+;;;/m0.../s1. The maximum Gasteiger partial charge on any atom is 0.246 e. The van der Waals surface area contributed by atoms with Gasteiger partial charge < -0.3 is 34.9 Å². The van der Waals surface area contributed by atoms with Crippen LogP contribution in [-0.2, 0) is 46.2 Å². The van der Waals surface area contributed by atoms with Crippen molar-refractivity contribution in [3.05, 3.63) is 65.7 Å². The first-order valence-corrected chi connectivity index (χ1v) is 13.5. The number of carbonyl (C=O) groups is 4. The van der Waals surface area contributed by atoms with Crippen molar-refractivity contribution in [3.8, 4) is 5.75 Å². The van der Waals surface area contributed by atoms with E-state index in [1.165, 1.54) is 14.0 Å². The van der Waals surface area contributed by atoms with Crippen LogP contribution >= 0.6 is 0 Å². The molecule has 41 heavy (non-hydrogen) atoms. The molecule has 1 heterocycles. The predicted molar refractivity (Wildman–Crippen MR) is 157 cm³/mol. The van der Waals surface area contributed by atoms with E-state index in [0.717, 1.165) is 11.1 Å². The summed E-state index contributed by atoms with van der Waals surface area (Å²) >= 11 is 0. The number of epoxide rings is 1. The molecule has 11 nitrogen and oxygen atoms in total. The minimum atomic E-state index is -1.03.